The fourth-order valence-corrected chi connectivity index (χ4v) is 2.21. The maximum Gasteiger partial charge on any atom is 0.352 e. The number of nitrogens with zero attached hydrogens (tertiary/aromatic N) is 1. The molecule has 7 heteroatoms. The normalized spacial score (nSPS) is 15.5. The Labute approximate surface area is 113 Å². The van der Waals surface area contributed by atoms with E-state index in [1.807, 2.05) is 0 Å². The van der Waals surface area contributed by atoms with Gasteiger partial charge in [0, 0.05) is 29.6 Å². The zero-order valence-electron chi connectivity index (χ0n) is 10.3. The summed E-state index contributed by atoms with van der Waals surface area (Å²) < 4.78 is 0. The molecule has 1 saturated heterocycles. The molecule has 3 amide bonds. The average Bonchev–Trinajstić information content (AvgIpc) is 2.81. The molecule has 1 aliphatic heterocycles. The van der Waals surface area contributed by atoms with Crippen molar-refractivity contribution >= 4 is 34.5 Å². The molecule has 0 unspecified atom stereocenters. The topological polar surface area (TPSA) is 102 Å². The van der Waals surface area contributed by atoms with Crippen molar-refractivity contribution in [3.8, 4) is 0 Å². The van der Waals surface area contributed by atoms with Crippen molar-refractivity contribution < 1.29 is 19.5 Å². The summed E-state index contributed by atoms with van der Waals surface area (Å²) in [5.41, 5.74) is 1.40. The highest BCUT2D eigenvalue weighted by Gasteiger charge is 2.24. The first-order valence-electron chi connectivity index (χ1n) is 6.02. The molecule has 3 N–H and O–H groups in total. The molecule has 1 aromatic carbocycles. The lowest BCUT2D eigenvalue weighted by molar-refractivity contribution is -0.120. The Morgan fingerprint density at radius 2 is 2.05 bits per heavy atom. The molecule has 0 saturated carbocycles. The van der Waals surface area contributed by atoms with Crippen molar-refractivity contribution in [2.45, 2.75) is 6.42 Å². The number of aromatic amines is 1. The van der Waals surface area contributed by atoms with E-state index in [1.165, 1.54) is 11.0 Å². The molecule has 1 aliphatic rings. The maximum absolute atomic E-state index is 11.7. The van der Waals surface area contributed by atoms with Crippen LogP contribution in [0.4, 0.5) is 10.5 Å². The summed E-state index contributed by atoms with van der Waals surface area (Å²) in [4.78, 5) is 38.0. The number of fused-ring (bicyclic) bond motifs is 1. The van der Waals surface area contributed by atoms with Crippen LogP contribution in [0.3, 0.4) is 0 Å². The standard InChI is InChI=1S/C13H11N3O4/c17-11-3-4-16(13(20)15-11)8-1-2-9-7(5-8)6-10(14-9)12(18)19/h1-2,5-6,14H,3-4H2,(H,18,19)(H,15,17,20). The molecule has 0 aliphatic carbocycles. The van der Waals surface area contributed by atoms with Crippen LogP contribution >= 0.6 is 0 Å². The smallest absolute Gasteiger partial charge is 0.352 e. The largest absolute Gasteiger partial charge is 0.477 e. The zero-order valence-corrected chi connectivity index (χ0v) is 10.3. The number of amides is 3. The number of carbonyl (C=O) groups is 3. The lowest BCUT2D eigenvalue weighted by Gasteiger charge is -2.26. The lowest BCUT2D eigenvalue weighted by atomic mass is 10.2. The Balaban J connectivity index is 1.98. The number of carbonyl (C=O) groups excluding carboxylic acids is 2. The predicted octanol–water partition coefficient (Wildman–Crippen LogP) is 1.31. The molecule has 1 fully saturated rings. The number of rotatable bonds is 2. The van der Waals surface area contributed by atoms with Gasteiger partial charge in [-0.1, -0.05) is 0 Å². The Morgan fingerprint density at radius 3 is 2.75 bits per heavy atom. The number of aromatic nitrogens is 1. The van der Waals surface area contributed by atoms with E-state index >= 15 is 0 Å². The first-order chi connectivity index (χ1) is 9.54. The minimum Gasteiger partial charge on any atom is -0.477 e. The van der Waals surface area contributed by atoms with Crippen LogP contribution in [-0.2, 0) is 4.79 Å². The van der Waals surface area contributed by atoms with Crippen LogP contribution in [-0.4, -0.2) is 34.5 Å². The van der Waals surface area contributed by atoms with Gasteiger partial charge in [0.15, 0.2) is 0 Å². The summed E-state index contributed by atoms with van der Waals surface area (Å²) in [6.45, 7) is 0.312. The number of urea groups is 1. The number of benzene rings is 1. The van der Waals surface area contributed by atoms with Gasteiger partial charge < -0.3 is 10.1 Å². The minimum atomic E-state index is -1.04. The number of carboxylic acids is 1. The van der Waals surface area contributed by atoms with E-state index in [1.54, 1.807) is 18.2 Å². The van der Waals surface area contributed by atoms with Gasteiger partial charge in [0.25, 0.3) is 0 Å². The Hall–Kier alpha value is -2.83. The van der Waals surface area contributed by atoms with Gasteiger partial charge in [0.2, 0.25) is 5.91 Å². The van der Waals surface area contributed by atoms with Crippen molar-refractivity contribution in [1.82, 2.24) is 10.3 Å². The second-order valence-corrected chi connectivity index (χ2v) is 4.51. The second-order valence-electron chi connectivity index (χ2n) is 4.51. The van der Waals surface area contributed by atoms with Gasteiger partial charge in [-0.3, -0.25) is 15.0 Å². The van der Waals surface area contributed by atoms with Gasteiger partial charge >= 0.3 is 12.0 Å². The van der Waals surface area contributed by atoms with E-state index in [-0.39, 0.29) is 18.0 Å². The van der Waals surface area contributed by atoms with Crippen LogP contribution in [0.1, 0.15) is 16.9 Å². The molecule has 7 nitrogen and oxygen atoms in total. The summed E-state index contributed by atoms with van der Waals surface area (Å²) in [5.74, 6) is -1.33. The molecule has 2 heterocycles. The molecule has 20 heavy (non-hydrogen) atoms. The predicted molar refractivity (Wildman–Crippen MR) is 70.8 cm³/mol. The van der Waals surface area contributed by atoms with E-state index in [2.05, 4.69) is 10.3 Å². The molecule has 3 rings (SSSR count). The number of hydrogen-bond donors (Lipinski definition) is 3. The molecule has 0 bridgehead atoms. The van der Waals surface area contributed by atoms with Crippen molar-refractivity contribution in [1.29, 1.82) is 0 Å². The second kappa shape index (κ2) is 4.37. The number of aromatic carboxylic acids is 1. The van der Waals surface area contributed by atoms with Crippen LogP contribution in [0.15, 0.2) is 24.3 Å². The number of hydrogen-bond acceptors (Lipinski definition) is 3. The maximum atomic E-state index is 11.7. The summed E-state index contributed by atoms with van der Waals surface area (Å²) in [6, 6.07) is 6.18. The fraction of sp³-hybridized carbons (Fsp3) is 0.154. The minimum absolute atomic E-state index is 0.0930. The van der Waals surface area contributed by atoms with Gasteiger partial charge in [0.05, 0.1) is 0 Å². The Kier molecular flexibility index (Phi) is 2.67. The van der Waals surface area contributed by atoms with Gasteiger partial charge in [-0.15, -0.1) is 0 Å². The highest BCUT2D eigenvalue weighted by molar-refractivity contribution is 6.06. The summed E-state index contributed by atoms with van der Waals surface area (Å²) >= 11 is 0. The first-order valence-corrected chi connectivity index (χ1v) is 6.02. The number of H-pyrrole nitrogens is 1. The van der Waals surface area contributed by atoms with Gasteiger partial charge in [-0.2, -0.15) is 0 Å². The van der Waals surface area contributed by atoms with E-state index < -0.39 is 12.0 Å². The lowest BCUT2D eigenvalue weighted by Crippen LogP contribution is -2.49. The summed E-state index contributed by atoms with van der Waals surface area (Å²) in [6.07, 6.45) is 0.247. The summed E-state index contributed by atoms with van der Waals surface area (Å²) in [7, 11) is 0. The molecular weight excluding hydrogens is 262 g/mol. The van der Waals surface area contributed by atoms with Gasteiger partial charge in [0.1, 0.15) is 5.69 Å². The number of imide groups is 1. The first kappa shape index (κ1) is 12.2. The molecule has 102 valence electrons. The SMILES string of the molecule is O=C1CCN(c2ccc3[nH]c(C(=O)O)cc3c2)C(=O)N1. The van der Waals surface area contributed by atoms with E-state index in [0.29, 0.717) is 23.1 Å². The number of nitrogens with one attached hydrogen (secondary N) is 2. The van der Waals surface area contributed by atoms with E-state index in [0.717, 1.165) is 0 Å². The Morgan fingerprint density at radius 1 is 1.25 bits per heavy atom. The molecule has 0 spiro atoms. The van der Waals surface area contributed by atoms with Crippen LogP contribution in [0, 0.1) is 0 Å². The highest BCUT2D eigenvalue weighted by atomic mass is 16.4. The molecule has 0 atom stereocenters. The third-order valence-electron chi connectivity index (χ3n) is 3.20. The molecule has 1 aromatic heterocycles. The van der Waals surface area contributed by atoms with Crippen LogP contribution in [0.25, 0.3) is 10.9 Å². The van der Waals surface area contributed by atoms with Crippen molar-refractivity contribution in [3.05, 3.63) is 30.0 Å². The van der Waals surface area contributed by atoms with E-state index in [4.69, 9.17) is 5.11 Å². The molecule has 2 aromatic rings. The van der Waals surface area contributed by atoms with Crippen molar-refractivity contribution in [3.63, 3.8) is 0 Å². The number of carboxylic acid groups (broad SMARTS) is 1. The third-order valence-corrected chi connectivity index (χ3v) is 3.20. The average molecular weight is 273 g/mol. The van der Waals surface area contributed by atoms with Crippen LogP contribution in [0.2, 0.25) is 0 Å². The quantitative estimate of drug-likeness (QED) is 0.767. The van der Waals surface area contributed by atoms with Crippen LogP contribution < -0.4 is 10.2 Å². The fourth-order valence-electron chi connectivity index (χ4n) is 2.21. The molecular formula is C13H11N3O4. The van der Waals surface area contributed by atoms with Crippen molar-refractivity contribution in [2.24, 2.45) is 0 Å². The van der Waals surface area contributed by atoms with E-state index in [9.17, 15) is 14.4 Å². The zero-order chi connectivity index (χ0) is 14.3. The summed E-state index contributed by atoms with van der Waals surface area (Å²) in [5, 5.41) is 11.9. The Bertz CT molecular complexity index is 734. The van der Waals surface area contributed by atoms with Gasteiger partial charge in [-0.05, 0) is 24.3 Å². The molecule has 0 radical (unpaired) electrons. The number of anilines is 1. The van der Waals surface area contributed by atoms with Crippen LogP contribution in [0.5, 0.6) is 0 Å². The van der Waals surface area contributed by atoms with Gasteiger partial charge in [-0.25, -0.2) is 9.59 Å². The van der Waals surface area contributed by atoms with Crippen molar-refractivity contribution in [2.75, 3.05) is 11.4 Å². The monoisotopic (exact) mass is 273 g/mol. The third kappa shape index (κ3) is 1.99. The highest BCUT2D eigenvalue weighted by Crippen LogP contribution is 2.24.